The first-order valence-corrected chi connectivity index (χ1v) is 6.53. The molecule has 0 bridgehead atoms. The Balaban J connectivity index is 2.18. The Kier molecular flexibility index (Phi) is 3.94. The van der Waals surface area contributed by atoms with Gasteiger partial charge < -0.3 is 10.3 Å². The second-order valence-corrected chi connectivity index (χ2v) is 4.79. The Bertz CT molecular complexity index is 386. The first-order valence-electron chi connectivity index (χ1n) is 6.53. The van der Waals surface area contributed by atoms with Crippen LogP contribution in [0.1, 0.15) is 43.2 Å². The molecule has 0 aliphatic heterocycles. The number of carbonyl (C=O) groups excluding carboxylic acids is 1. The van der Waals surface area contributed by atoms with Crippen molar-refractivity contribution >= 4 is 5.78 Å². The van der Waals surface area contributed by atoms with Crippen molar-refractivity contribution in [1.29, 1.82) is 0 Å². The molecule has 0 aromatic carbocycles. The van der Waals surface area contributed by atoms with Crippen molar-refractivity contribution < 1.29 is 4.79 Å². The molecule has 2 N–H and O–H groups in total. The zero-order chi connectivity index (χ0) is 12.3. The smallest absolute Gasteiger partial charge is 0.201 e. The molecule has 0 spiro atoms. The lowest BCUT2D eigenvalue weighted by Crippen LogP contribution is -2.33. The van der Waals surface area contributed by atoms with Crippen LogP contribution in [0.3, 0.4) is 0 Å². The van der Waals surface area contributed by atoms with Gasteiger partial charge in [-0.1, -0.05) is 12.8 Å². The summed E-state index contributed by atoms with van der Waals surface area (Å²) in [5.41, 5.74) is 5.78. The van der Waals surface area contributed by atoms with Gasteiger partial charge in [0.1, 0.15) is 0 Å². The van der Waals surface area contributed by atoms with Gasteiger partial charge in [0.2, 0.25) is 5.78 Å². The predicted octanol–water partition coefficient (Wildman–Crippen LogP) is 1.85. The molecule has 1 aromatic rings. The fourth-order valence-electron chi connectivity index (χ4n) is 2.79. The summed E-state index contributed by atoms with van der Waals surface area (Å²) in [5, 5.41) is 0. The lowest BCUT2D eigenvalue weighted by molar-refractivity contribution is 0.0814. The minimum Gasteiger partial charge on any atom is -0.330 e. The van der Waals surface area contributed by atoms with E-state index in [0.717, 1.165) is 25.8 Å². The highest BCUT2D eigenvalue weighted by molar-refractivity contribution is 5.95. The minimum atomic E-state index is 0.0847. The molecule has 4 nitrogen and oxygen atoms in total. The molecule has 1 aliphatic carbocycles. The van der Waals surface area contributed by atoms with Crippen LogP contribution in [0, 0.1) is 11.8 Å². The van der Waals surface area contributed by atoms with Crippen LogP contribution in [0.25, 0.3) is 0 Å². The predicted molar refractivity (Wildman–Crippen MR) is 66.7 cm³/mol. The summed E-state index contributed by atoms with van der Waals surface area (Å²) in [7, 11) is 0. The molecule has 0 amide bonds. The summed E-state index contributed by atoms with van der Waals surface area (Å²) in [6.45, 7) is 3.43. The second-order valence-electron chi connectivity index (χ2n) is 4.79. The molecular weight excluding hydrogens is 214 g/mol. The van der Waals surface area contributed by atoms with Crippen LogP contribution in [0.2, 0.25) is 0 Å². The van der Waals surface area contributed by atoms with E-state index in [-0.39, 0.29) is 11.7 Å². The van der Waals surface area contributed by atoms with Crippen molar-refractivity contribution in [3.63, 3.8) is 0 Å². The maximum atomic E-state index is 12.5. The summed E-state index contributed by atoms with van der Waals surface area (Å²) in [6.07, 6.45) is 7.97. The molecule has 1 fully saturated rings. The summed E-state index contributed by atoms with van der Waals surface area (Å²) >= 11 is 0. The van der Waals surface area contributed by atoms with E-state index in [1.54, 1.807) is 6.20 Å². The van der Waals surface area contributed by atoms with Crippen LogP contribution in [-0.2, 0) is 6.54 Å². The summed E-state index contributed by atoms with van der Waals surface area (Å²) in [4.78, 5) is 16.7. The number of nitrogens with zero attached hydrogens (tertiary/aromatic N) is 2. The topological polar surface area (TPSA) is 60.9 Å². The highest BCUT2D eigenvalue weighted by Crippen LogP contribution is 2.31. The van der Waals surface area contributed by atoms with Gasteiger partial charge >= 0.3 is 0 Å². The normalized spacial score (nSPS) is 24.8. The van der Waals surface area contributed by atoms with Crippen molar-refractivity contribution in [2.75, 3.05) is 6.54 Å². The van der Waals surface area contributed by atoms with Crippen molar-refractivity contribution in [3.8, 4) is 0 Å². The number of aromatic nitrogens is 2. The van der Waals surface area contributed by atoms with E-state index in [0.29, 0.717) is 18.3 Å². The van der Waals surface area contributed by atoms with Gasteiger partial charge in [-0.15, -0.1) is 0 Å². The van der Waals surface area contributed by atoms with Crippen molar-refractivity contribution in [2.24, 2.45) is 17.6 Å². The van der Waals surface area contributed by atoms with Crippen LogP contribution in [0.5, 0.6) is 0 Å². The van der Waals surface area contributed by atoms with Gasteiger partial charge in [-0.2, -0.15) is 0 Å². The molecule has 2 unspecified atom stereocenters. The Morgan fingerprint density at radius 3 is 3.00 bits per heavy atom. The van der Waals surface area contributed by atoms with Gasteiger partial charge in [0.15, 0.2) is 5.82 Å². The first-order chi connectivity index (χ1) is 8.27. The molecule has 1 saturated carbocycles. The highest BCUT2D eigenvalue weighted by Gasteiger charge is 2.32. The molecule has 4 heteroatoms. The third-order valence-electron chi connectivity index (χ3n) is 3.83. The van der Waals surface area contributed by atoms with Crippen molar-refractivity contribution in [1.82, 2.24) is 9.55 Å². The lowest BCUT2D eigenvalue weighted by atomic mass is 9.77. The molecule has 17 heavy (non-hydrogen) atoms. The monoisotopic (exact) mass is 235 g/mol. The zero-order valence-corrected chi connectivity index (χ0v) is 10.4. The molecule has 1 aromatic heterocycles. The molecule has 1 aliphatic rings. The fraction of sp³-hybridized carbons (Fsp3) is 0.692. The number of nitrogens with two attached hydrogens (primary N) is 1. The first kappa shape index (κ1) is 12.3. The number of carbonyl (C=O) groups is 1. The summed E-state index contributed by atoms with van der Waals surface area (Å²) < 4.78 is 1.92. The SMILES string of the molecule is CCn1ccnc1C(=O)C1CCCCC1CN. The third kappa shape index (κ3) is 2.41. The van der Waals surface area contributed by atoms with E-state index in [2.05, 4.69) is 4.98 Å². The van der Waals surface area contributed by atoms with Crippen LogP contribution < -0.4 is 5.73 Å². The Morgan fingerprint density at radius 1 is 1.53 bits per heavy atom. The molecule has 2 rings (SSSR count). The summed E-state index contributed by atoms with van der Waals surface area (Å²) in [6, 6.07) is 0. The molecule has 0 radical (unpaired) electrons. The van der Waals surface area contributed by atoms with Gasteiger partial charge in [-0.05, 0) is 32.2 Å². The minimum absolute atomic E-state index is 0.0847. The molecular formula is C13H21N3O. The molecule has 0 saturated heterocycles. The maximum Gasteiger partial charge on any atom is 0.201 e. The third-order valence-corrected chi connectivity index (χ3v) is 3.83. The average molecular weight is 235 g/mol. The number of hydrogen-bond acceptors (Lipinski definition) is 3. The van der Waals surface area contributed by atoms with Gasteiger partial charge in [0, 0.05) is 24.9 Å². The molecule has 2 atom stereocenters. The number of ketones is 1. The van der Waals surface area contributed by atoms with E-state index in [1.165, 1.54) is 6.42 Å². The molecule has 1 heterocycles. The van der Waals surface area contributed by atoms with Crippen molar-refractivity contribution in [3.05, 3.63) is 18.2 Å². The fourth-order valence-corrected chi connectivity index (χ4v) is 2.79. The number of hydrogen-bond donors (Lipinski definition) is 1. The van der Waals surface area contributed by atoms with Gasteiger partial charge in [-0.25, -0.2) is 4.98 Å². The maximum absolute atomic E-state index is 12.5. The van der Waals surface area contributed by atoms with E-state index >= 15 is 0 Å². The zero-order valence-electron chi connectivity index (χ0n) is 10.4. The van der Waals surface area contributed by atoms with Crippen LogP contribution in [0.4, 0.5) is 0 Å². The number of imidazole rings is 1. The Labute approximate surface area is 102 Å². The van der Waals surface area contributed by atoms with E-state index < -0.39 is 0 Å². The van der Waals surface area contributed by atoms with E-state index in [1.807, 2.05) is 17.7 Å². The number of aryl methyl sites for hydroxylation is 1. The average Bonchev–Trinajstić information content (AvgIpc) is 2.86. The summed E-state index contributed by atoms with van der Waals surface area (Å²) in [5.74, 6) is 1.23. The Hall–Kier alpha value is -1.16. The standard InChI is InChI=1S/C13H21N3O/c1-2-16-8-7-15-13(16)12(17)11-6-4-3-5-10(11)9-14/h7-8,10-11H,2-6,9,14H2,1H3. The van der Waals surface area contributed by atoms with Gasteiger partial charge in [0.05, 0.1) is 0 Å². The highest BCUT2D eigenvalue weighted by atomic mass is 16.1. The quantitative estimate of drug-likeness (QED) is 0.810. The van der Waals surface area contributed by atoms with Gasteiger partial charge in [0.25, 0.3) is 0 Å². The Morgan fingerprint density at radius 2 is 2.29 bits per heavy atom. The van der Waals surface area contributed by atoms with E-state index in [4.69, 9.17) is 5.73 Å². The van der Waals surface area contributed by atoms with Crippen LogP contribution >= 0.6 is 0 Å². The van der Waals surface area contributed by atoms with Crippen LogP contribution in [0.15, 0.2) is 12.4 Å². The number of Topliss-reactive ketones (excluding diaryl/α,β-unsaturated/α-hetero) is 1. The van der Waals surface area contributed by atoms with Crippen LogP contribution in [-0.4, -0.2) is 21.9 Å². The lowest BCUT2D eigenvalue weighted by Gasteiger charge is -2.29. The molecule has 94 valence electrons. The van der Waals surface area contributed by atoms with E-state index in [9.17, 15) is 4.79 Å². The number of rotatable bonds is 4. The van der Waals surface area contributed by atoms with Crippen molar-refractivity contribution in [2.45, 2.75) is 39.2 Å². The van der Waals surface area contributed by atoms with Gasteiger partial charge in [-0.3, -0.25) is 4.79 Å². The second kappa shape index (κ2) is 5.45. The largest absolute Gasteiger partial charge is 0.330 e.